The first-order chi connectivity index (χ1) is 12.7. The Labute approximate surface area is 166 Å². The molecule has 6 heteroatoms. The minimum Gasteiger partial charge on any atom is -0.331 e. The third kappa shape index (κ3) is 3.87. The molecule has 0 spiro atoms. The molecule has 134 valence electrons. The lowest BCUT2D eigenvalue weighted by atomic mass is 10.1. The van der Waals surface area contributed by atoms with Crippen LogP contribution in [0, 0.1) is 6.92 Å². The minimum atomic E-state index is 0.149. The van der Waals surface area contributed by atoms with Gasteiger partial charge in [-0.25, -0.2) is 4.98 Å². The highest BCUT2D eigenvalue weighted by molar-refractivity contribution is 8.00. The molecular formula is C20H20N2OS3. The number of nitrogens with zero attached hydrogens (tertiary/aromatic N) is 2. The van der Waals surface area contributed by atoms with E-state index in [1.54, 1.807) is 34.4 Å². The predicted octanol–water partition coefficient (Wildman–Crippen LogP) is 5.78. The average Bonchev–Trinajstić information content (AvgIpc) is 3.40. The van der Waals surface area contributed by atoms with E-state index in [4.69, 9.17) is 0 Å². The highest BCUT2D eigenvalue weighted by Gasteiger charge is 2.31. The van der Waals surface area contributed by atoms with E-state index in [1.165, 1.54) is 10.4 Å². The molecule has 1 aromatic carbocycles. The number of thioether (sulfide) groups is 1. The molecule has 3 nitrogen and oxygen atoms in total. The summed E-state index contributed by atoms with van der Waals surface area (Å²) in [4.78, 5) is 20.8. The Kier molecular flexibility index (Phi) is 5.43. The molecule has 26 heavy (non-hydrogen) atoms. The van der Waals surface area contributed by atoms with E-state index in [9.17, 15) is 4.79 Å². The Balaban J connectivity index is 1.42. The third-order valence-electron chi connectivity index (χ3n) is 4.55. The van der Waals surface area contributed by atoms with Crippen molar-refractivity contribution in [3.63, 3.8) is 0 Å². The largest absolute Gasteiger partial charge is 0.331 e. The predicted molar refractivity (Wildman–Crippen MR) is 110 cm³/mol. The highest BCUT2D eigenvalue weighted by atomic mass is 32.2. The second kappa shape index (κ2) is 7.94. The first-order valence-electron chi connectivity index (χ1n) is 8.69. The highest BCUT2D eigenvalue weighted by Crippen LogP contribution is 2.35. The van der Waals surface area contributed by atoms with Gasteiger partial charge in [0.15, 0.2) is 0 Å². The lowest BCUT2D eigenvalue weighted by Crippen LogP contribution is -2.30. The number of benzene rings is 1. The zero-order valence-corrected chi connectivity index (χ0v) is 17.0. The number of thiazole rings is 1. The zero-order valence-electron chi connectivity index (χ0n) is 14.6. The van der Waals surface area contributed by atoms with Crippen LogP contribution in [0.2, 0.25) is 0 Å². The van der Waals surface area contributed by atoms with Gasteiger partial charge in [0.05, 0.1) is 6.04 Å². The monoisotopic (exact) mass is 400 g/mol. The summed E-state index contributed by atoms with van der Waals surface area (Å²) in [5, 5.41) is 4.16. The maximum absolute atomic E-state index is 13.0. The Hall–Kier alpha value is -1.63. The summed E-state index contributed by atoms with van der Waals surface area (Å²) in [6.07, 6.45) is 2.14. The van der Waals surface area contributed by atoms with E-state index >= 15 is 0 Å². The normalized spacial score (nSPS) is 17.0. The molecule has 0 saturated carbocycles. The molecule has 1 aliphatic heterocycles. The molecule has 3 aromatic rings. The number of amides is 1. The van der Waals surface area contributed by atoms with Crippen LogP contribution in [0.3, 0.4) is 0 Å². The number of carbonyl (C=O) groups excluding carboxylic acids is 1. The van der Waals surface area contributed by atoms with Gasteiger partial charge in [-0.3, -0.25) is 4.79 Å². The van der Waals surface area contributed by atoms with Gasteiger partial charge >= 0.3 is 0 Å². The zero-order chi connectivity index (χ0) is 17.9. The van der Waals surface area contributed by atoms with Crippen molar-refractivity contribution in [2.75, 3.05) is 6.54 Å². The summed E-state index contributed by atoms with van der Waals surface area (Å²) in [6, 6.07) is 12.5. The van der Waals surface area contributed by atoms with E-state index in [0.29, 0.717) is 0 Å². The molecule has 1 amide bonds. The molecular weight excluding hydrogens is 380 g/mol. The first-order valence-corrected chi connectivity index (χ1v) is 11.4. The van der Waals surface area contributed by atoms with Gasteiger partial charge in [0, 0.05) is 33.8 Å². The van der Waals surface area contributed by atoms with Gasteiger partial charge in [0.25, 0.3) is 5.91 Å². The molecule has 4 rings (SSSR count). The van der Waals surface area contributed by atoms with Crippen LogP contribution in [0.1, 0.15) is 45.4 Å². The molecule has 0 N–H and O–H groups in total. The number of likely N-dealkylation sites (tertiary alicyclic amines) is 1. The van der Waals surface area contributed by atoms with E-state index in [2.05, 4.69) is 40.0 Å². The summed E-state index contributed by atoms with van der Waals surface area (Å²) < 4.78 is 1.10. The van der Waals surface area contributed by atoms with Crippen molar-refractivity contribution < 1.29 is 4.79 Å². The van der Waals surface area contributed by atoms with E-state index in [1.807, 2.05) is 24.0 Å². The molecule has 0 radical (unpaired) electrons. The number of aromatic nitrogens is 1. The summed E-state index contributed by atoms with van der Waals surface area (Å²) >= 11 is 5.17. The Morgan fingerprint density at radius 3 is 2.81 bits per heavy atom. The third-order valence-corrected chi connectivity index (χ3v) is 7.73. The number of hydrogen-bond acceptors (Lipinski definition) is 5. The smallest absolute Gasteiger partial charge is 0.254 e. The van der Waals surface area contributed by atoms with Crippen LogP contribution in [-0.4, -0.2) is 22.3 Å². The van der Waals surface area contributed by atoms with Crippen LogP contribution in [-0.2, 0) is 5.75 Å². The van der Waals surface area contributed by atoms with Crippen molar-refractivity contribution in [2.45, 2.75) is 35.9 Å². The number of aryl methyl sites for hydroxylation is 1. The molecule has 3 heterocycles. The summed E-state index contributed by atoms with van der Waals surface area (Å²) in [6.45, 7) is 2.87. The molecule has 1 saturated heterocycles. The van der Waals surface area contributed by atoms with Crippen molar-refractivity contribution >= 4 is 40.3 Å². The minimum absolute atomic E-state index is 0.149. The second-order valence-electron chi connectivity index (χ2n) is 6.41. The molecule has 1 aliphatic rings. The van der Waals surface area contributed by atoms with Crippen molar-refractivity contribution in [2.24, 2.45) is 0 Å². The second-order valence-corrected chi connectivity index (χ2v) is 9.47. The molecule has 0 aliphatic carbocycles. The Morgan fingerprint density at radius 1 is 1.27 bits per heavy atom. The van der Waals surface area contributed by atoms with Crippen LogP contribution in [0.5, 0.6) is 0 Å². The van der Waals surface area contributed by atoms with Gasteiger partial charge in [-0.15, -0.1) is 22.7 Å². The van der Waals surface area contributed by atoms with Gasteiger partial charge in [-0.2, -0.15) is 0 Å². The van der Waals surface area contributed by atoms with Gasteiger partial charge in [0.2, 0.25) is 0 Å². The summed E-state index contributed by atoms with van der Waals surface area (Å²) in [5.41, 5.74) is 3.08. The average molecular weight is 401 g/mol. The molecule has 1 fully saturated rings. The fraction of sp³-hybridized carbons (Fsp3) is 0.300. The van der Waals surface area contributed by atoms with Gasteiger partial charge in [0.1, 0.15) is 4.34 Å². The number of hydrogen-bond donors (Lipinski definition) is 0. The van der Waals surface area contributed by atoms with E-state index in [0.717, 1.165) is 40.7 Å². The van der Waals surface area contributed by atoms with Crippen LogP contribution >= 0.6 is 34.4 Å². The van der Waals surface area contributed by atoms with Gasteiger partial charge in [-0.05, 0) is 48.9 Å². The molecule has 1 unspecified atom stereocenters. The SMILES string of the molecule is Cc1csc(SCc2ccc(C(=O)N3CCCC3c3cccs3)cc2)n1. The number of rotatable bonds is 5. The quantitative estimate of drug-likeness (QED) is 0.509. The lowest BCUT2D eigenvalue weighted by molar-refractivity contribution is 0.0738. The standard InChI is InChI=1S/C20H20N2OS3/c1-14-12-25-20(21-14)26-13-15-6-8-16(9-7-15)19(23)22-10-2-4-17(22)18-5-3-11-24-18/h3,5-9,11-12,17H,2,4,10,13H2,1H3. The molecule has 0 bridgehead atoms. The first kappa shape index (κ1) is 17.8. The molecule has 2 aromatic heterocycles. The summed E-state index contributed by atoms with van der Waals surface area (Å²) in [5.74, 6) is 1.03. The van der Waals surface area contributed by atoms with Crippen LogP contribution in [0.15, 0.2) is 51.5 Å². The Bertz CT molecular complexity index is 871. The lowest BCUT2D eigenvalue weighted by Gasteiger charge is -2.24. The van der Waals surface area contributed by atoms with Crippen LogP contribution < -0.4 is 0 Å². The number of thiophene rings is 1. The molecule has 1 atom stereocenters. The maximum Gasteiger partial charge on any atom is 0.254 e. The van der Waals surface area contributed by atoms with Crippen LogP contribution in [0.25, 0.3) is 0 Å². The van der Waals surface area contributed by atoms with Crippen molar-refractivity contribution in [1.82, 2.24) is 9.88 Å². The van der Waals surface area contributed by atoms with Gasteiger partial charge < -0.3 is 4.90 Å². The van der Waals surface area contributed by atoms with Crippen LogP contribution in [0.4, 0.5) is 0 Å². The number of carbonyl (C=O) groups is 1. The van der Waals surface area contributed by atoms with Crippen molar-refractivity contribution in [1.29, 1.82) is 0 Å². The fourth-order valence-corrected chi connectivity index (χ4v) is 5.92. The summed E-state index contributed by atoms with van der Waals surface area (Å²) in [7, 11) is 0. The van der Waals surface area contributed by atoms with E-state index in [-0.39, 0.29) is 11.9 Å². The van der Waals surface area contributed by atoms with Gasteiger partial charge in [-0.1, -0.05) is 30.0 Å². The maximum atomic E-state index is 13.0. The van der Waals surface area contributed by atoms with Crippen molar-refractivity contribution in [3.8, 4) is 0 Å². The Morgan fingerprint density at radius 2 is 2.12 bits per heavy atom. The topological polar surface area (TPSA) is 33.2 Å². The fourth-order valence-electron chi connectivity index (χ4n) is 3.24. The van der Waals surface area contributed by atoms with E-state index < -0.39 is 0 Å². The van der Waals surface area contributed by atoms with Crippen molar-refractivity contribution in [3.05, 3.63) is 68.9 Å².